The maximum absolute atomic E-state index is 4.72. The zero-order valence-corrected chi connectivity index (χ0v) is 17.9. The Hall–Kier alpha value is -1.15. The maximum Gasteiger partial charge on any atom is 0.191 e. The van der Waals surface area contributed by atoms with Gasteiger partial charge in [-0.1, -0.05) is 29.8 Å². The quantitative estimate of drug-likeness (QED) is 0.387. The van der Waals surface area contributed by atoms with Crippen molar-refractivity contribution in [2.75, 3.05) is 13.1 Å². The molecule has 0 aliphatic heterocycles. The largest absolute Gasteiger partial charge is 0.357 e. The molecule has 0 fully saturated rings. The predicted octanol–water partition coefficient (Wildman–Crippen LogP) is 4.24. The summed E-state index contributed by atoms with van der Waals surface area (Å²) in [5.74, 6) is 0.872. The summed E-state index contributed by atoms with van der Waals surface area (Å²) >= 11 is 1.70. The number of thiazole rings is 1. The normalized spacial score (nSPS) is 11.3. The van der Waals surface area contributed by atoms with Crippen molar-refractivity contribution in [3.05, 3.63) is 40.9 Å². The van der Waals surface area contributed by atoms with Crippen LogP contribution in [0.4, 0.5) is 0 Å². The van der Waals surface area contributed by atoms with Crippen LogP contribution in [0, 0.1) is 6.92 Å². The maximum atomic E-state index is 4.72. The number of rotatable bonds is 6. The Morgan fingerprint density at radius 3 is 2.58 bits per heavy atom. The van der Waals surface area contributed by atoms with Crippen LogP contribution in [0.25, 0.3) is 10.6 Å². The Morgan fingerprint density at radius 1 is 1.25 bits per heavy atom. The lowest BCUT2D eigenvalue weighted by molar-refractivity contribution is 0.700. The molecule has 0 saturated heterocycles. The van der Waals surface area contributed by atoms with Gasteiger partial charge in [-0.3, -0.25) is 4.99 Å². The van der Waals surface area contributed by atoms with E-state index < -0.39 is 0 Å². The third-order valence-corrected chi connectivity index (χ3v) is 4.20. The molecule has 0 saturated carbocycles. The molecular weight excluding hydrogens is 431 g/mol. The van der Waals surface area contributed by atoms with Crippen LogP contribution in [-0.4, -0.2) is 30.1 Å². The van der Waals surface area contributed by atoms with E-state index in [1.165, 1.54) is 11.1 Å². The predicted molar refractivity (Wildman–Crippen MR) is 116 cm³/mol. The molecule has 132 valence electrons. The topological polar surface area (TPSA) is 49.3 Å². The molecule has 1 aromatic heterocycles. The highest BCUT2D eigenvalue weighted by Crippen LogP contribution is 2.24. The molecule has 24 heavy (non-hydrogen) atoms. The van der Waals surface area contributed by atoms with Crippen molar-refractivity contribution in [1.82, 2.24) is 15.6 Å². The molecule has 2 rings (SSSR count). The molecule has 0 aliphatic carbocycles. The van der Waals surface area contributed by atoms with E-state index in [1.54, 1.807) is 11.3 Å². The van der Waals surface area contributed by atoms with Crippen molar-refractivity contribution in [2.24, 2.45) is 4.99 Å². The second-order valence-electron chi connectivity index (χ2n) is 5.82. The summed E-state index contributed by atoms with van der Waals surface area (Å²) in [6.07, 6.45) is 0.858. The molecule has 2 aromatic rings. The Morgan fingerprint density at radius 2 is 1.96 bits per heavy atom. The average Bonchev–Trinajstić information content (AvgIpc) is 2.96. The zero-order valence-electron chi connectivity index (χ0n) is 14.8. The Balaban J connectivity index is 0.00000288. The smallest absolute Gasteiger partial charge is 0.191 e. The van der Waals surface area contributed by atoms with Gasteiger partial charge in [-0.25, -0.2) is 4.98 Å². The van der Waals surface area contributed by atoms with Gasteiger partial charge in [-0.2, -0.15) is 0 Å². The van der Waals surface area contributed by atoms with Gasteiger partial charge in [0.1, 0.15) is 5.01 Å². The molecule has 0 aliphatic rings. The summed E-state index contributed by atoms with van der Waals surface area (Å²) in [5, 5.41) is 9.79. The Bertz CT molecular complexity index is 635. The minimum absolute atomic E-state index is 0. The molecule has 0 amide bonds. The third kappa shape index (κ3) is 6.76. The molecule has 0 radical (unpaired) electrons. The lowest BCUT2D eigenvalue weighted by Crippen LogP contribution is -2.41. The van der Waals surface area contributed by atoms with Crippen molar-refractivity contribution < 1.29 is 0 Å². The number of benzene rings is 1. The second-order valence-corrected chi connectivity index (χ2v) is 6.68. The van der Waals surface area contributed by atoms with Crippen LogP contribution in [0.15, 0.2) is 34.6 Å². The van der Waals surface area contributed by atoms with Gasteiger partial charge in [-0.05, 0) is 27.7 Å². The van der Waals surface area contributed by atoms with Crippen LogP contribution >= 0.6 is 35.3 Å². The van der Waals surface area contributed by atoms with E-state index in [2.05, 4.69) is 73.0 Å². The highest BCUT2D eigenvalue weighted by molar-refractivity contribution is 14.0. The first-order valence-corrected chi connectivity index (χ1v) is 9.02. The lowest BCUT2D eigenvalue weighted by Gasteiger charge is -2.13. The average molecular weight is 458 g/mol. The summed E-state index contributed by atoms with van der Waals surface area (Å²) in [6.45, 7) is 10.0. The first-order chi connectivity index (χ1) is 11.1. The molecular formula is C18H27IN4S. The Labute approximate surface area is 166 Å². The van der Waals surface area contributed by atoms with Gasteiger partial charge in [0, 0.05) is 36.5 Å². The van der Waals surface area contributed by atoms with Crippen LogP contribution < -0.4 is 10.6 Å². The molecule has 6 heteroatoms. The monoisotopic (exact) mass is 458 g/mol. The fourth-order valence-corrected chi connectivity index (χ4v) is 2.99. The van der Waals surface area contributed by atoms with Gasteiger partial charge < -0.3 is 10.6 Å². The number of hydrogen-bond donors (Lipinski definition) is 2. The van der Waals surface area contributed by atoms with E-state index in [9.17, 15) is 0 Å². The molecule has 1 aromatic carbocycles. The third-order valence-electron chi connectivity index (χ3n) is 3.26. The van der Waals surface area contributed by atoms with E-state index in [1.807, 2.05) is 0 Å². The van der Waals surface area contributed by atoms with Gasteiger partial charge >= 0.3 is 0 Å². The second kappa shape index (κ2) is 10.7. The number of nitrogens with zero attached hydrogens (tertiary/aromatic N) is 2. The number of aryl methyl sites for hydroxylation is 1. The van der Waals surface area contributed by atoms with Crippen molar-refractivity contribution in [1.29, 1.82) is 0 Å². The first-order valence-electron chi connectivity index (χ1n) is 8.14. The molecule has 4 nitrogen and oxygen atoms in total. The lowest BCUT2D eigenvalue weighted by atomic mass is 10.2. The molecule has 0 unspecified atom stereocenters. The van der Waals surface area contributed by atoms with Gasteiger partial charge in [-0.15, -0.1) is 35.3 Å². The van der Waals surface area contributed by atoms with E-state index in [0.29, 0.717) is 6.04 Å². The van der Waals surface area contributed by atoms with E-state index in [0.717, 1.165) is 36.2 Å². The summed E-state index contributed by atoms with van der Waals surface area (Å²) < 4.78 is 0. The number of aromatic nitrogens is 1. The van der Waals surface area contributed by atoms with Crippen LogP contribution in [0.3, 0.4) is 0 Å². The van der Waals surface area contributed by atoms with Crippen molar-refractivity contribution in [3.63, 3.8) is 0 Å². The van der Waals surface area contributed by atoms with Crippen molar-refractivity contribution >= 4 is 41.3 Å². The first kappa shape index (κ1) is 20.9. The van der Waals surface area contributed by atoms with Crippen LogP contribution in [-0.2, 0) is 6.42 Å². The van der Waals surface area contributed by atoms with E-state index >= 15 is 0 Å². The molecule has 0 spiro atoms. The van der Waals surface area contributed by atoms with E-state index in [-0.39, 0.29) is 24.0 Å². The SMILES string of the molecule is CCNC(=NCCc1csc(-c2ccc(C)cc2)n1)NC(C)C.I. The van der Waals surface area contributed by atoms with Crippen molar-refractivity contribution in [2.45, 2.75) is 40.2 Å². The van der Waals surface area contributed by atoms with Crippen LogP contribution in [0.5, 0.6) is 0 Å². The van der Waals surface area contributed by atoms with Gasteiger partial charge in [0.25, 0.3) is 0 Å². The van der Waals surface area contributed by atoms with Gasteiger partial charge in [0.15, 0.2) is 5.96 Å². The minimum Gasteiger partial charge on any atom is -0.357 e. The molecule has 0 bridgehead atoms. The Kier molecular flexibility index (Phi) is 9.28. The van der Waals surface area contributed by atoms with Gasteiger partial charge in [0.2, 0.25) is 0 Å². The minimum atomic E-state index is 0. The fraction of sp³-hybridized carbons (Fsp3) is 0.444. The number of hydrogen-bond acceptors (Lipinski definition) is 3. The number of aliphatic imine (C=N–C) groups is 1. The molecule has 1 heterocycles. The summed E-state index contributed by atoms with van der Waals surface area (Å²) in [7, 11) is 0. The van der Waals surface area contributed by atoms with Gasteiger partial charge in [0.05, 0.1) is 5.69 Å². The summed E-state index contributed by atoms with van der Waals surface area (Å²) in [4.78, 5) is 9.32. The zero-order chi connectivity index (χ0) is 16.7. The molecule has 0 atom stereocenters. The highest BCUT2D eigenvalue weighted by Gasteiger charge is 2.05. The number of guanidine groups is 1. The van der Waals surface area contributed by atoms with Crippen molar-refractivity contribution in [3.8, 4) is 10.6 Å². The van der Waals surface area contributed by atoms with Crippen LogP contribution in [0.2, 0.25) is 0 Å². The van der Waals surface area contributed by atoms with E-state index in [4.69, 9.17) is 4.98 Å². The highest BCUT2D eigenvalue weighted by atomic mass is 127. The van der Waals surface area contributed by atoms with Crippen LogP contribution in [0.1, 0.15) is 32.0 Å². The number of nitrogens with one attached hydrogen (secondary N) is 2. The summed E-state index contributed by atoms with van der Waals surface area (Å²) in [5.41, 5.74) is 3.56. The number of halogens is 1. The standard InChI is InChI=1S/C18H26N4S.HI/c1-5-19-18(21-13(2)3)20-11-10-16-12-23-17(22-16)15-8-6-14(4)7-9-15;/h6-9,12-13H,5,10-11H2,1-4H3,(H2,19,20,21);1H. The molecule has 2 N–H and O–H groups in total. The summed E-state index contributed by atoms with van der Waals surface area (Å²) in [6, 6.07) is 8.89. The fourth-order valence-electron chi connectivity index (χ4n) is 2.13.